The van der Waals surface area contributed by atoms with Crippen LogP contribution >= 0.6 is 15.9 Å². The minimum absolute atomic E-state index is 0.0488. The lowest BCUT2D eigenvalue weighted by atomic mass is 10.0. The third kappa shape index (κ3) is 2.62. The molecular formula is C12H14BrNO2. The zero-order valence-corrected chi connectivity index (χ0v) is 10.7. The molecule has 0 radical (unpaired) electrons. The van der Waals surface area contributed by atoms with Crippen LogP contribution in [0.3, 0.4) is 0 Å². The Balaban J connectivity index is 1.99. The van der Waals surface area contributed by atoms with Crippen molar-refractivity contribution in [2.45, 2.75) is 19.4 Å². The van der Waals surface area contributed by atoms with Gasteiger partial charge in [-0.05, 0) is 36.6 Å². The Morgan fingerprint density at radius 2 is 2.12 bits per heavy atom. The second-order valence-corrected chi connectivity index (χ2v) is 4.97. The fraction of sp³-hybridized carbons (Fsp3) is 0.417. The molecule has 0 aliphatic carbocycles. The Kier molecular flexibility index (Phi) is 3.61. The van der Waals surface area contributed by atoms with E-state index >= 15 is 0 Å². The molecule has 1 aromatic carbocycles. The zero-order valence-electron chi connectivity index (χ0n) is 9.07. The maximum absolute atomic E-state index is 11.9. The van der Waals surface area contributed by atoms with Crippen molar-refractivity contribution in [2.75, 3.05) is 11.9 Å². The van der Waals surface area contributed by atoms with Gasteiger partial charge in [0.15, 0.2) is 0 Å². The molecule has 16 heavy (non-hydrogen) atoms. The van der Waals surface area contributed by atoms with Gasteiger partial charge in [0.25, 0.3) is 5.91 Å². The van der Waals surface area contributed by atoms with Crippen LogP contribution in [-0.2, 0) is 9.53 Å². The summed E-state index contributed by atoms with van der Waals surface area (Å²) < 4.78 is 6.40. The van der Waals surface area contributed by atoms with Gasteiger partial charge in [0, 0.05) is 16.8 Å². The number of halogens is 1. The first-order chi connectivity index (χ1) is 7.66. The topological polar surface area (TPSA) is 38.3 Å². The summed E-state index contributed by atoms with van der Waals surface area (Å²) in [6.45, 7) is 2.72. The molecule has 1 fully saturated rings. The highest BCUT2D eigenvalue weighted by Crippen LogP contribution is 2.22. The van der Waals surface area contributed by atoms with E-state index < -0.39 is 0 Å². The van der Waals surface area contributed by atoms with Crippen LogP contribution in [0.5, 0.6) is 0 Å². The van der Waals surface area contributed by atoms with E-state index in [0.717, 1.165) is 16.6 Å². The quantitative estimate of drug-likeness (QED) is 0.907. The van der Waals surface area contributed by atoms with Crippen LogP contribution in [0.2, 0.25) is 0 Å². The molecule has 2 rings (SSSR count). The Labute approximate surface area is 103 Å². The van der Waals surface area contributed by atoms with Crippen LogP contribution in [0, 0.1) is 5.92 Å². The van der Waals surface area contributed by atoms with Gasteiger partial charge in [-0.15, -0.1) is 0 Å². The van der Waals surface area contributed by atoms with Crippen LogP contribution < -0.4 is 5.32 Å². The first kappa shape index (κ1) is 11.6. The van der Waals surface area contributed by atoms with E-state index in [-0.39, 0.29) is 12.0 Å². The van der Waals surface area contributed by atoms with Crippen molar-refractivity contribution >= 4 is 27.5 Å². The lowest BCUT2D eigenvalue weighted by Crippen LogP contribution is -2.31. The molecular weight excluding hydrogens is 270 g/mol. The SMILES string of the molecule is CC1CCOC1C(=O)Nc1ccc(Br)cc1. The summed E-state index contributed by atoms with van der Waals surface area (Å²) in [7, 11) is 0. The molecule has 2 unspecified atom stereocenters. The second-order valence-electron chi connectivity index (χ2n) is 4.05. The van der Waals surface area contributed by atoms with Crippen LogP contribution in [0.15, 0.2) is 28.7 Å². The van der Waals surface area contributed by atoms with E-state index in [2.05, 4.69) is 21.2 Å². The zero-order chi connectivity index (χ0) is 11.5. The summed E-state index contributed by atoms with van der Waals surface area (Å²) in [5.74, 6) is 0.253. The van der Waals surface area contributed by atoms with Gasteiger partial charge in [-0.3, -0.25) is 4.79 Å². The molecule has 0 saturated carbocycles. The number of rotatable bonds is 2. The summed E-state index contributed by atoms with van der Waals surface area (Å²) in [5, 5.41) is 2.86. The van der Waals surface area contributed by atoms with E-state index in [0.29, 0.717) is 12.5 Å². The normalized spacial score (nSPS) is 24.4. The predicted octanol–water partition coefficient (Wildman–Crippen LogP) is 2.81. The number of ether oxygens (including phenoxy) is 1. The number of anilines is 1. The minimum Gasteiger partial charge on any atom is -0.368 e. The minimum atomic E-state index is -0.302. The number of hydrogen-bond donors (Lipinski definition) is 1. The van der Waals surface area contributed by atoms with Crippen molar-refractivity contribution in [2.24, 2.45) is 5.92 Å². The van der Waals surface area contributed by atoms with E-state index in [1.54, 1.807) is 0 Å². The molecule has 2 atom stereocenters. The molecule has 1 aliphatic rings. The summed E-state index contributed by atoms with van der Waals surface area (Å²) in [6, 6.07) is 7.52. The lowest BCUT2D eigenvalue weighted by molar-refractivity contribution is -0.126. The molecule has 4 heteroatoms. The van der Waals surface area contributed by atoms with Crippen molar-refractivity contribution in [1.29, 1.82) is 0 Å². The van der Waals surface area contributed by atoms with Gasteiger partial charge in [-0.2, -0.15) is 0 Å². The highest BCUT2D eigenvalue weighted by atomic mass is 79.9. The highest BCUT2D eigenvalue weighted by molar-refractivity contribution is 9.10. The van der Waals surface area contributed by atoms with Gasteiger partial charge in [0.2, 0.25) is 0 Å². The highest BCUT2D eigenvalue weighted by Gasteiger charge is 2.30. The molecule has 1 saturated heterocycles. The maximum Gasteiger partial charge on any atom is 0.253 e. The average Bonchev–Trinajstić information content (AvgIpc) is 2.68. The fourth-order valence-corrected chi connectivity index (χ4v) is 2.04. The molecule has 0 bridgehead atoms. The van der Waals surface area contributed by atoms with Crippen molar-refractivity contribution < 1.29 is 9.53 Å². The molecule has 1 aromatic rings. The first-order valence-electron chi connectivity index (χ1n) is 5.35. The number of carbonyl (C=O) groups is 1. The molecule has 86 valence electrons. The van der Waals surface area contributed by atoms with Gasteiger partial charge in [0.1, 0.15) is 6.10 Å². The van der Waals surface area contributed by atoms with Crippen molar-refractivity contribution in [3.8, 4) is 0 Å². The number of nitrogens with one attached hydrogen (secondary N) is 1. The largest absolute Gasteiger partial charge is 0.368 e. The Bertz CT molecular complexity index is 377. The molecule has 1 heterocycles. The monoisotopic (exact) mass is 283 g/mol. The summed E-state index contributed by atoms with van der Waals surface area (Å²) in [4.78, 5) is 11.9. The number of hydrogen-bond acceptors (Lipinski definition) is 2. The third-order valence-electron chi connectivity index (χ3n) is 2.76. The molecule has 3 nitrogen and oxygen atoms in total. The van der Waals surface area contributed by atoms with Crippen LogP contribution in [0.25, 0.3) is 0 Å². The fourth-order valence-electron chi connectivity index (χ4n) is 1.78. The Morgan fingerprint density at radius 1 is 1.44 bits per heavy atom. The van der Waals surface area contributed by atoms with Crippen LogP contribution in [-0.4, -0.2) is 18.6 Å². The molecule has 0 aromatic heterocycles. The number of benzene rings is 1. The van der Waals surface area contributed by atoms with Crippen LogP contribution in [0.1, 0.15) is 13.3 Å². The van der Waals surface area contributed by atoms with Crippen molar-refractivity contribution in [1.82, 2.24) is 0 Å². The van der Waals surface area contributed by atoms with E-state index in [4.69, 9.17) is 4.74 Å². The number of carbonyl (C=O) groups excluding carboxylic acids is 1. The summed E-state index contributed by atoms with van der Waals surface area (Å²) >= 11 is 3.35. The number of amides is 1. The third-order valence-corrected chi connectivity index (χ3v) is 3.29. The first-order valence-corrected chi connectivity index (χ1v) is 6.14. The van der Waals surface area contributed by atoms with Gasteiger partial charge >= 0.3 is 0 Å². The summed E-state index contributed by atoms with van der Waals surface area (Å²) in [5.41, 5.74) is 0.802. The molecule has 1 N–H and O–H groups in total. The lowest BCUT2D eigenvalue weighted by Gasteiger charge is -2.14. The van der Waals surface area contributed by atoms with Gasteiger partial charge in [0.05, 0.1) is 0 Å². The van der Waals surface area contributed by atoms with Gasteiger partial charge < -0.3 is 10.1 Å². The Morgan fingerprint density at radius 3 is 2.69 bits per heavy atom. The maximum atomic E-state index is 11.9. The van der Waals surface area contributed by atoms with Crippen LogP contribution in [0.4, 0.5) is 5.69 Å². The predicted molar refractivity (Wildman–Crippen MR) is 66.3 cm³/mol. The van der Waals surface area contributed by atoms with Gasteiger partial charge in [-0.1, -0.05) is 22.9 Å². The van der Waals surface area contributed by atoms with Crippen molar-refractivity contribution in [3.63, 3.8) is 0 Å². The standard InChI is InChI=1S/C12H14BrNO2/c1-8-6-7-16-11(8)12(15)14-10-4-2-9(13)3-5-10/h2-5,8,11H,6-7H2,1H3,(H,14,15). The summed E-state index contributed by atoms with van der Waals surface area (Å²) in [6.07, 6.45) is 0.655. The Hall–Kier alpha value is -0.870. The average molecular weight is 284 g/mol. The smallest absolute Gasteiger partial charge is 0.253 e. The van der Waals surface area contributed by atoms with E-state index in [1.807, 2.05) is 31.2 Å². The van der Waals surface area contributed by atoms with E-state index in [9.17, 15) is 4.79 Å². The molecule has 1 amide bonds. The molecule has 0 spiro atoms. The van der Waals surface area contributed by atoms with Gasteiger partial charge in [-0.25, -0.2) is 0 Å². The molecule has 1 aliphatic heterocycles. The second kappa shape index (κ2) is 4.97. The van der Waals surface area contributed by atoms with E-state index in [1.165, 1.54) is 0 Å². The van der Waals surface area contributed by atoms with Crippen molar-refractivity contribution in [3.05, 3.63) is 28.7 Å².